The second-order valence-corrected chi connectivity index (χ2v) is 17.2. The van der Waals surface area contributed by atoms with Gasteiger partial charge in [-0.15, -0.1) is 0 Å². The normalized spacial score (nSPS) is 13.1. The zero-order chi connectivity index (χ0) is 37.2. The van der Waals surface area contributed by atoms with Crippen LogP contribution in [0.4, 0.5) is 8.78 Å². The van der Waals surface area contributed by atoms with Crippen LogP contribution in [-0.4, -0.2) is 85.7 Å². The summed E-state index contributed by atoms with van der Waals surface area (Å²) in [5, 5.41) is 10.6. The van der Waals surface area contributed by atoms with E-state index in [2.05, 4.69) is 4.98 Å². The van der Waals surface area contributed by atoms with Crippen molar-refractivity contribution in [1.82, 2.24) is 13.9 Å². The van der Waals surface area contributed by atoms with Crippen LogP contribution in [0.3, 0.4) is 0 Å². The fraction of sp³-hybridized carbons (Fsp3) is 0.371. The minimum Gasteiger partial charge on any atom is -0.495 e. The van der Waals surface area contributed by atoms with Crippen LogP contribution in [0.15, 0.2) is 70.8 Å². The summed E-state index contributed by atoms with van der Waals surface area (Å²) in [6, 6.07) is 12.0. The third kappa shape index (κ3) is 8.80. The number of rotatable bonds is 15. The van der Waals surface area contributed by atoms with Gasteiger partial charge in [0.15, 0.2) is 5.16 Å². The molecular formula is C35H41Cl2F2N4O5S2+. The smallest absolute Gasteiger partial charge is 0.322 e. The SMILES string of the molecule is COc1cc(C(C)(C)c2cnc(SCc3c(F)cc(S(=O)(=O)N(C)C(CCC[N+](C)(C)C)C(=O)O)cc3Cl)n2-c2ccc(F)cc2)ccc1Cl. The Hall–Kier alpha value is -3.20. The second-order valence-electron chi connectivity index (χ2n) is 13.4. The molecule has 0 radical (unpaired) electrons. The minimum atomic E-state index is -4.42. The molecule has 4 rings (SSSR count). The van der Waals surface area contributed by atoms with Crippen LogP contribution in [0.25, 0.3) is 5.69 Å². The van der Waals surface area contributed by atoms with Gasteiger partial charge in [-0.1, -0.05) is 54.9 Å². The maximum Gasteiger partial charge on any atom is 0.322 e. The lowest BCUT2D eigenvalue weighted by Gasteiger charge is -2.28. The number of methoxy groups -OCH3 is 1. The average Bonchev–Trinajstić information content (AvgIpc) is 3.47. The molecule has 0 saturated heterocycles. The van der Waals surface area contributed by atoms with Gasteiger partial charge in [0, 0.05) is 34.5 Å². The molecule has 0 spiro atoms. The molecule has 1 unspecified atom stereocenters. The highest BCUT2D eigenvalue weighted by molar-refractivity contribution is 7.98. The van der Waals surface area contributed by atoms with E-state index >= 15 is 4.39 Å². The van der Waals surface area contributed by atoms with Crippen LogP contribution in [0.2, 0.25) is 10.0 Å². The summed E-state index contributed by atoms with van der Waals surface area (Å²) in [6.07, 6.45) is 2.23. The fourth-order valence-electron chi connectivity index (χ4n) is 5.47. The van der Waals surface area contributed by atoms with Crippen LogP contribution < -0.4 is 4.74 Å². The lowest BCUT2D eigenvalue weighted by atomic mass is 9.81. The van der Waals surface area contributed by atoms with Gasteiger partial charge in [0.2, 0.25) is 10.0 Å². The number of aromatic nitrogens is 2. The molecule has 9 nitrogen and oxygen atoms in total. The van der Waals surface area contributed by atoms with E-state index in [1.165, 1.54) is 26.3 Å². The molecule has 0 bridgehead atoms. The lowest BCUT2D eigenvalue weighted by Crippen LogP contribution is -2.43. The summed E-state index contributed by atoms with van der Waals surface area (Å²) in [5.41, 5.74) is 1.59. The van der Waals surface area contributed by atoms with Gasteiger partial charge in [-0.05, 0) is 66.9 Å². The number of carbonyl (C=O) groups is 1. The van der Waals surface area contributed by atoms with E-state index in [1.807, 2.05) is 51.7 Å². The summed E-state index contributed by atoms with van der Waals surface area (Å²) in [4.78, 5) is 16.3. The summed E-state index contributed by atoms with van der Waals surface area (Å²) < 4.78 is 65.3. The molecule has 0 saturated carbocycles. The number of likely N-dealkylation sites (N-methyl/N-ethyl adjacent to an activating group) is 1. The number of benzene rings is 3. The van der Waals surface area contributed by atoms with E-state index in [9.17, 15) is 22.7 Å². The first-order valence-corrected chi connectivity index (χ1v) is 18.8. The Labute approximate surface area is 306 Å². The largest absolute Gasteiger partial charge is 0.495 e. The Kier molecular flexibility index (Phi) is 12.3. The number of nitrogens with zero attached hydrogens (tertiary/aromatic N) is 4. The summed E-state index contributed by atoms with van der Waals surface area (Å²) in [7, 11) is 4.14. The van der Waals surface area contributed by atoms with E-state index in [0.717, 1.165) is 39.5 Å². The van der Waals surface area contributed by atoms with Gasteiger partial charge >= 0.3 is 5.97 Å². The van der Waals surface area contributed by atoms with E-state index in [4.69, 9.17) is 27.9 Å². The summed E-state index contributed by atoms with van der Waals surface area (Å²) in [6.45, 7) is 4.62. The second kappa shape index (κ2) is 15.6. The quantitative estimate of drug-likeness (QED) is 0.0980. The Morgan fingerprint density at radius 1 is 1.08 bits per heavy atom. The molecule has 0 aliphatic carbocycles. The predicted octanol–water partition coefficient (Wildman–Crippen LogP) is 7.64. The third-order valence-corrected chi connectivity index (χ3v) is 12.0. The maximum atomic E-state index is 15.7. The van der Waals surface area contributed by atoms with Crippen molar-refractivity contribution >= 4 is 51.0 Å². The minimum absolute atomic E-state index is 0.0313. The molecule has 15 heteroatoms. The molecule has 0 aliphatic heterocycles. The highest BCUT2D eigenvalue weighted by atomic mass is 35.5. The molecule has 50 heavy (non-hydrogen) atoms. The van der Waals surface area contributed by atoms with Gasteiger partial charge in [0.1, 0.15) is 23.4 Å². The Morgan fingerprint density at radius 2 is 1.74 bits per heavy atom. The van der Waals surface area contributed by atoms with Gasteiger partial charge < -0.3 is 14.3 Å². The van der Waals surface area contributed by atoms with E-state index < -0.39 is 44.0 Å². The molecule has 3 aromatic carbocycles. The third-order valence-electron chi connectivity index (χ3n) is 8.50. The van der Waals surface area contributed by atoms with Crippen LogP contribution in [-0.2, 0) is 26.0 Å². The number of sulfonamides is 1. The number of carboxylic acid groups (broad SMARTS) is 1. The van der Waals surface area contributed by atoms with Crippen molar-refractivity contribution in [2.75, 3.05) is 41.8 Å². The van der Waals surface area contributed by atoms with E-state index in [0.29, 0.717) is 39.1 Å². The van der Waals surface area contributed by atoms with Crippen LogP contribution in [0.1, 0.15) is 43.5 Å². The number of halogens is 4. The molecule has 1 N–H and O–H groups in total. The van der Waals surface area contributed by atoms with Gasteiger partial charge in [-0.25, -0.2) is 22.2 Å². The number of quaternary nitrogens is 1. The zero-order valence-corrected chi connectivity index (χ0v) is 32.0. The first-order chi connectivity index (χ1) is 23.3. The lowest BCUT2D eigenvalue weighted by molar-refractivity contribution is -0.870. The highest BCUT2D eigenvalue weighted by Crippen LogP contribution is 2.40. The number of aliphatic carboxylic acids is 1. The van der Waals surface area contributed by atoms with Crippen LogP contribution in [0, 0.1) is 11.6 Å². The molecule has 4 aromatic rings. The molecule has 0 fully saturated rings. The van der Waals surface area contributed by atoms with E-state index in [1.54, 1.807) is 24.4 Å². The topological polar surface area (TPSA) is 102 Å². The first kappa shape index (κ1) is 39.6. The van der Waals surface area contributed by atoms with Crippen LogP contribution >= 0.6 is 35.0 Å². The molecular weight excluding hydrogens is 729 g/mol. The van der Waals surface area contributed by atoms with Crippen molar-refractivity contribution < 1.29 is 36.3 Å². The number of ether oxygens (including phenoxy) is 1. The van der Waals surface area contributed by atoms with Crippen molar-refractivity contribution in [2.45, 2.75) is 54.0 Å². The number of thioether (sulfide) groups is 1. The standard InChI is InChI=1S/C35H40Cl2F2N4O5S2/c1-35(2,22-10-15-27(36)31(17-22)48-7)32-20-40-34(42(32)24-13-11-23(38)12-14-24)49-21-26-28(37)18-25(19-29(26)39)50(46,47)41(3)30(33(44)45)9-8-16-43(4,5)6/h10-15,17-20,30H,8-9,16,21H2,1-7H3/p+1. The predicted molar refractivity (Wildman–Crippen MR) is 193 cm³/mol. The fourth-order valence-corrected chi connectivity index (χ4v) is 8.49. The summed E-state index contributed by atoms with van der Waals surface area (Å²) >= 11 is 14.0. The number of hydrogen-bond acceptors (Lipinski definition) is 6. The first-order valence-electron chi connectivity index (χ1n) is 15.6. The van der Waals surface area contributed by atoms with Crippen LogP contribution in [0.5, 0.6) is 5.75 Å². The zero-order valence-electron chi connectivity index (χ0n) is 28.9. The van der Waals surface area contributed by atoms with Gasteiger partial charge in [-0.3, -0.25) is 9.36 Å². The average molecular weight is 771 g/mol. The monoisotopic (exact) mass is 769 g/mol. The van der Waals surface area contributed by atoms with Crippen molar-refractivity contribution in [3.8, 4) is 11.4 Å². The Balaban J connectivity index is 1.66. The van der Waals surface area contributed by atoms with E-state index in [-0.39, 0.29) is 22.8 Å². The van der Waals surface area contributed by atoms with Crippen molar-refractivity contribution in [3.05, 3.63) is 99.3 Å². The number of hydrogen-bond donors (Lipinski definition) is 1. The Morgan fingerprint density at radius 3 is 2.32 bits per heavy atom. The van der Waals surface area contributed by atoms with Gasteiger partial charge in [0.25, 0.3) is 0 Å². The molecule has 1 aromatic heterocycles. The van der Waals surface area contributed by atoms with Gasteiger partial charge in [0.05, 0.1) is 56.6 Å². The molecule has 0 amide bonds. The van der Waals surface area contributed by atoms with Gasteiger partial charge in [-0.2, -0.15) is 4.31 Å². The number of imidazole rings is 1. The van der Waals surface area contributed by atoms with Crippen molar-refractivity contribution in [3.63, 3.8) is 0 Å². The van der Waals surface area contributed by atoms with Crippen molar-refractivity contribution in [1.29, 1.82) is 0 Å². The molecule has 1 atom stereocenters. The highest BCUT2D eigenvalue weighted by Gasteiger charge is 2.34. The molecule has 1 heterocycles. The number of carboxylic acids is 1. The molecule has 0 aliphatic rings. The summed E-state index contributed by atoms with van der Waals surface area (Å²) in [5.74, 6) is -2.12. The Bertz CT molecular complexity index is 1940. The molecule has 270 valence electrons. The van der Waals surface area contributed by atoms with Crippen molar-refractivity contribution in [2.24, 2.45) is 0 Å². The maximum absolute atomic E-state index is 15.7.